The predicted octanol–water partition coefficient (Wildman–Crippen LogP) is 4.32. The van der Waals surface area contributed by atoms with Crippen LogP contribution in [0.25, 0.3) is 5.69 Å². The minimum absolute atomic E-state index is 0.0570. The van der Waals surface area contributed by atoms with E-state index in [1.807, 2.05) is 0 Å². The van der Waals surface area contributed by atoms with Gasteiger partial charge in [0.2, 0.25) is 4.77 Å². The second-order valence-electron chi connectivity index (χ2n) is 7.59. The quantitative estimate of drug-likeness (QED) is 0.293. The molecule has 0 amide bonds. The fraction of sp³-hybridized carbons (Fsp3) is 0.238. The number of benzene rings is 2. The summed E-state index contributed by atoms with van der Waals surface area (Å²) in [6.45, 7) is 1.27. The zero-order valence-electron chi connectivity index (χ0n) is 17.9. The maximum Gasteiger partial charge on any atom is 0.573 e. The molecule has 184 valence electrons. The average Bonchev–Trinajstić information content (AvgIpc) is 3.42. The summed E-state index contributed by atoms with van der Waals surface area (Å²) in [7, 11) is 0. The topological polar surface area (TPSA) is 82.9 Å². The number of aromatic nitrogens is 6. The second-order valence-corrected chi connectivity index (χ2v) is 7.95. The Labute approximate surface area is 199 Å². The van der Waals surface area contributed by atoms with Crippen molar-refractivity contribution in [3.63, 3.8) is 0 Å². The molecule has 0 aliphatic heterocycles. The highest BCUT2D eigenvalue weighted by atomic mass is 32.1. The van der Waals surface area contributed by atoms with Gasteiger partial charge in [0.25, 0.3) is 0 Å². The lowest BCUT2D eigenvalue weighted by Crippen LogP contribution is -2.41. The van der Waals surface area contributed by atoms with Crippen molar-refractivity contribution >= 4 is 12.2 Å². The van der Waals surface area contributed by atoms with Crippen molar-refractivity contribution < 1.29 is 31.8 Å². The Balaban J connectivity index is 1.72. The molecular weight excluding hydrogens is 495 g/mol. The molecule has 0 saturated heterocycles. The molecular formula is C21H17F5N6O2S. The molecule has 14 heteroatoms. The van der Waals surface area contributed by atoms with Crippen LogP contribution in [0.1, 0.15) is 18.5 Å². The highest BCUT2D eigenvalue weighted by Crippen LogP contribution is 2.36. The van der Waals surface area contributed by atoms with Gasteiger partial charge in [-0.25, -0.2) is 23.1 Å². The molecule has 1 N–H and O–H groups in total. The number of ether oxygens (including phenoxy) is 1. The zero-order chi connectivity index (χ0) is 25.4. The highest BCUT2D eigenvalue weighted by Gasteiger charge is 2.41. The summed E-state index contributed by atoms with van der Waals surface area (Å²) >= 11 is 5.48. The molecule has 0 spiro atoms. The molecule has 0 aliphatic carbocycles. The maximum absolute atomic E-state index is 14.8. The Bertz CT molecular complexity index is 1370. The van der Waals surface area contributed by atoms with E-state index < -0.39 is 35.4 Å². The molecule has 4 rings (SSSR count). The van der Waals surface area contributed by atoms with Gasteiger partial charge in [-0.3, -0.25) is 4.57 Å². The Morgan fingerprint density at radius 2 is 1.77 bits per heavy atom. The number of aliphatic hydroxyl groups is 1. The van der Waals surface area contributed by atoms with Crippen LogP contribution in [0.4, 0.5) is 22.0 Å². The molecule has 8 nitrogen and oxygen atoms in total. The maximum atomic E-state index is 14.8. The summed E-state index contributed by atoms with van der Waals surface area (Å²) in [5.74, 6) is -2.21. The van der Waals surface area contributed by atoms with E-state index in [4.69, 9.17) is 12.2 Å². The lowest BCUT2D eigenvalue weighted by atomic mass is 9.86. The van der Waals surface area contributed by atoms with Gasteiger partial charge < -0.3 is 9.84 Å². The van der Waals surface area contributed by atoms with Crippen molar-refractivity contribution in [2.24, 2.45) is 0 Å². The zero-order valence-corrected chi connectivity index (χ0v) is 18.7. The SMILES string of the molecule is C[C@@H](n1ncn(-c2ccc(OC(F)(F)F)cc2)c1=S)[C@](O)(Cn1cncn1)c1ccc(F)cc1F. The van der Waals surface area contributed by atoms with E-state index in [1.165, 1.54) is 52.0 Å². The van der Waals surface area contributed by atoms with Crippen molar-refractivity contribution in [1.82, 2.24) is 29.1 Å². The molecule has 0 fully saturated rings. The van der Waals surface area contributed by atoms with Crippen LogP contribution in [0.15, 0.2) is 61.4 Å². The van der Waals surface area contributed by atoms with Crippen molar-refractivity contribution in [1.29, 1.82) is 0 Å². The summed E-state index contributed by atoms with van der Waals surface area (Å²) in [5.41, 5.74) is -1.85. The smallest absolute Gasteiger partial charge is 0.406 e. The number of alkyl halides is 3. The van der Waals surface area contributed by atoms with Crippen LogP contribution >= 0.6 is 12.2 Å². The minimum atomic E-state index is -4.83. The first-order chi connectivity index (χ1) is 16.5. The third-order valence-corrected chi connectivity index (χ3v) is 5.75. The van der Waals surface area contributed by atoms with Gasteiger partial charge in [0.05, 0.1) is 12.6 Å². The van der Waals surface area contributed by atoms with Gasteiger partial charge >= 0.3 is 6.36 Å². The first kappa shape index (κ1) is 24.5. The van der Waals surface area contributed by atoms with Gasteiger partial charge in [-0.05, 0) is 49.5 Å². The first-order valence-electron chi connectivity index (χ1n) is 10.0. The summed E-state index contributed by atoms with van der Waals surface area (Å²) in [6.07, 6.45) is -0.974. The molecule has 2 heterocycles. The fourth-order valence-electron chi connectivity index (χ4n) is 3.61. The highest BCUT2D eigenvalue weighted by molar-refractivity contribution is 7.71. The third-order valence-electron chi connectivity index (χ3n) is 5.37. The number of hydrogen-bond donors (Lipinski definition) is 1. The van der Waals surface area contributed by atoms with Gasteiger partial charge in [-0.1, -0.05) is 6.07 Å². The average molecular weight is 512 g/mol. The van der Waals surface area contributed by atoms with Gasteiger partial charge in [-0.2, -0.15) is 10.2 Å². The molecule has 2 atom stereocenters. The molecule has 0 unspecified atom stereocenters. The van der Waals surface area contributed by atoms with Crippen LogP contribution in [0.5, 0.6) is 5.75 Å². The molecule has 0 radical (unpaired) electrons. The Morgan fingerprint density at radius 1 is 1.06 bits per heavy atom. The van der Waals surface area contributed by atoms with E-state index in [-0.39, 0.29) is 16.9 Å². The molecule has 0 bridgehead atoms. The Hall–Kier alpha value is -3.65. The molecule has 0 aliphatic rings. The number of rotatable bonds is 7. The van der Waals surface area contributed by atoms with Crippen molar-refractivity contribution in [2.75, 3.05) is 0 Å². The monoisotopic (exact) mass is 512 g/mol. The predicted molar refractivity (Wildman–Crippen MR) is 114 cm³/mol. The van der Waals surface area contributed by atoms with Crippen LogP contribution in [-0.2, 0) is 12.1 Å². The lowest BCUT2D eigenvalue weighted by molar-refractivity contribution is -0.274. The van der Waals surface area contributed by atoms with Crippen molar-refractivity contribution in [2.45, 2.75) is 31.5 Å². The number of hydrogen-bond acceptors (Lipinski definition) is 6. The normalized spacial score (nSPS) is 14.5. The summed E-state index contributed by atoms with van der Waals surface area (Å²) < 4.78 is 73.4. The standard InChI is InChI=1S/C21H17F5N6O2S/c1-13(20(33,9-30-11-27-10-28-30)17-7-2-14(22)8-18(17)23)32-19(35)31(12-29-32)15-3-5-16(6-4-15)34-21(24,25)26/h2-8,10-13,33H,9H2,1H3/t13-,20-/m1/s1. The van der Waals surface area contributed by atoms with Crippen LogP contribution in [0, 0.1) is 16.4 Å². The van der Waals surface area contributed by atoms with Crippen LogP contribution in [0.3, 0.4) is 0 Å². The van der Waals surface area contributed by atoms with Crippen molar-refractivity contribution in [3.05, 3.63) is 83.4 Å². The van der Waals surface area contributed by atoms with Crippen LogP contribution in [-0.4, -0.2) is 40.6 Å². The molecule has 35 heavy (non-hydrogen) atoms. The van der Waals surface area contributed by atoms with Gasteiger partial charge in [0.15, 0.2) is 0 Å². The molecule has 2 aromatic carbocycles. The van der Waals surface area contributed by atoms with Crippen LogP contribution < -0.4 is 4.74 Å². The fourth-order valence-corrected chi connectivity index (χ4v) is 3.97. The Morgan fingerprint density at radius 3 is 2.37 bits per heavy atom. The summed E-state index contributed by atoms with van der Waals surface area (Å²) in [4.78, 5) is 3.82. The number of nitrogens with zero attached hydrogens (tertiary/aromatic N) is 6. The van der Waals surface area contributed by atoms with Gasteiger partial charge in [0.1, 0.15) is 42.0 Å². The largest absolute Gasteiger partial charge is 0.573 e. The van der Waals surface area contributed by atoms with E-state index in [0.29, 0.717) is 11.8 Å². The third kappa shape index (κ3) is 5.07. The van der Waals surface area contributed by atoms with E-state index in [9.17, 15) is 27.1 Å². The van der Waals surface area contributed by atoms with E-state index in [1.54, 1.807) is 0 Å². The minimum Gasteiger partial charge on any atom is -0.406 e. The van der Waals surface area contributed by atoms with Crippen molar-refractivity contribution in [3.8, 4) is 11.4 Å². The lowest BCUT2D eigenvalue weighted by Gasteiger charge is -2.34. The second kappa shape index (κ2) is 9.19. The Kier molecular flexibility index (Phi) is 6.42. The first-order valence-corrected chi connectivity index (χ1v) is 10.4. The molecule has 2 aromatic heterocycles. The van der Waals surface area contributed by atoms with E-state index in [2.05, 4.69) is 19.9 Å². The van der Waals surface area contributed by atoms with Gasteiger partial charge in [-0.15, -0.1) is 13.2 Å². The number of halogens is 5. The summed E-state index contributed by atoms with van der Waals surface area (Å²) in [5, 5.41) is 19.9. The van der Waals surface area contributed by atoms with E-state index in [0.717, 1.165) is 24.3 Å². The van der Waals surface area contributed by atoms with Gasteiger partial charge in [0, 0.05) is 17.3 Å². The van der Waals surface area contributed by atoms with Crippen LogP contribution in [0.2, 0.25) is 0 Å². The van der Waals surface area contributed by atoms with E-state index >= 15 is 0 Å². The molecule has 0 saturated carbocycles. The molecule has 4 aromatic rings. The summed E-state index contributed by atoms with van der Waals surface area (Å²) in [6, 6.07) is 6.69.